The van der Waals surface area contributed by atoms with Gasteiger partial charge in [-0.05, 0) is 25.3 Å². The molecule has 6 heteroatoms. The molecule has 0 aromatic carbocycles. The molecule has 1 aliphatic heterocycles. The Bertz CT molecular complexity index is 277. The second kappa shape index (κ2) is 8.05. The van der Waals surface area contributed by atoms with Crippen LogP contribution in [0.5, 0.6) is 0 Å². The van der Waals surface area contributed by atoms with Gasteiger partial charge in [0.15, 0.2) is 0 Å². The van der Waals surface area contributed by atoms with Gasteiger partial charge in [0.05, 0.1) is 7.11 Å². The molecule has 18 heavy (non-hydrogen) atoms. The van der Waals surface area contributed by atoms with Gasteiger partial charge < -0.3 is 20.1 Å². The molecule has 1 fully saturated rings. The van der Waals surface area contributed by atoms with E-state index >= 15 is 0 Å². The lowest BCUT2D eigenvalue weighted by Gasteiger charge is -2.16. The molecule has 1 rings (SSSR count). The van der Waals surface area contributed by atoms with Gasteiger partial charge in [-0.2, -0.15) is 0 Å². The van der Waals surface area contributed by atoms with Crippen molar-refractivity contribution in [2.75, 3.05) is 33.4 Å². The molecule has 0 bridgehead atoms. The van der Waals surface area contributed by atoms with Crippen LogP contribution in [0, 0.1) is 5.92 Å². The Labute approximate surface area is 107 Å². The van der Waals surface area contributed by atoms with Crippen molar-refractivity contribution in [1.29, 1.82) is 0 Å². The number of hydrogen-bond donors (Lipinski definition) is 2. The van der Waals surface area contributed by atoms with Gasteiger partial charge in [0.25, 0.3) is 0 Å². The third-order valence-electron chi connectivity index (χ3n) is 2.97. The first-order valence-corrected chi connectivity index (χ1v) is 6.27. The van der Waals surface area contributed by atoms with E-state index in [1.807, 2.05) is 0 Å². The highest BCUT2D eigenvalue weighted by molar-refractivity contribution is 5.83. The maximum Gasteiger partial charge on any atom is 0.329 e. The molecule has 2 N–H and O–H groups in total. The SMILES string of the molecule is COC(=O)C(CNCCC1CCOC1)NC(C)=O. The largest absolute Gasteiger partial charge is 0.467 e. The molecule has 2 unspecified atom stereocenters. The summed E-state index contributed by atoms with van der Waals surface area (Å²) < 4.78 is 9.91. The third-order valence-corrected chi connectivity index (χ3v) is 2.97. The van der Waals surface area contributed by atoms with Gasteiger partial charge in [-0.15, -0.1) is 0 Å². The minimum atomic E-state index is -0.618. The number of hydrogen-bond acceptors (Lipinski definition) is 5. The van der Waals surface area contributed by atoms with Crippen LogP contribution >= 0.6 is 0 Å². The summed E-state index contributed by atoms with van der Waals surface area (Å²) in [5.74, 6) is -0.0619. The fourth-order valence-corrected chi connectivity index (χ4v) is 1.94. The van der Waals surface area contributed by atoms with Crippen molar-refractivity contribution in [2.24, 2.45) is 5.92 Å². The van der Waals surface area contributed by atoms with Crippen LogP contribution in [0.1, 0.15) is 19.8 Å². The standard InChI is InChI=1S/C12H22N2O4/c1-9(15)14-11(12(16)17-2)7-13-5-3-10-4-6-18-8-10/h10-11,13H,3-8H2,1-2H3,(H,14,15). The second-order valence-electron chi connectivity index (χ2n) is 4.50. The fourth-order valence-electron chi connectivity index (χ4n) is 1.94. The van der Waals surface area contributed by atoms with Crippen molar-refractivity contribution < 1.29 is 19.1 Å². The number of carbonyl (C=O) groups is 2. The predicted octanol–water partition coefficient (Wildman–Crippen LogP) is -0.320. The number of rotatable bonds is 7. The maximum atomic E-state index is 11.4. The fraction of sp³-hybridized carbons (Fsp3) is 0.833. The summed E-state index contributed by atoms with van der Waals surface area (Å²) in [6.07, 6.45) is 2.13. The monoisotopic (exact) mass is 258 g/mol. The number of amides is 1. The van der Waals surface area contributed by atoms with E-state index in [-0.39, 0.29) is 5.91 Å². The van der Waals surface area contributed by atoms with Crippen molar-refractivity contribution in [1.82, 2.24) is 10.6 Å². The molecule has 0 aliphatic carbocycles. The molecular formula is C12H22N2O4. The van der Waals surface area contributed by atoms with Crippen LogP contribution in [0.25, 0.3) is 0 Å². The van der Waals surface area contributed by atoms with Gasteiger partial charge in [-0.3, -0.25) is 4.79 Å². The first-order valence-electron chi connectivity index (χ1n) is 6.27. The van der Waals surface area contributed by atoms with E-state index in [1.165, 1.54) is 14.0 Å². The highest BCUT2D eigenvalue weighted by atomic mass is 16.5. The summed E-state index contributed by atoms with van der Waals surface area (Å²) in [6, 6.07) is -0.618. The molecule has 0 spiro atoms. The summed E-state index contributed by atoms with van der Waals surface area (Å²) in [7, 11) is 1.31. The highest BCUT2D eigenvalue weighted by Crippen LogP contribution is 2.14. The van der Waals surface area contributed by atoms with Crippen LogP contribution in [-0.4, -0.2) is 51.3 Å². The van der Waals surface area contributed by atoms with Crippen molar-refractivity contribution in [2.45, 2.75) is 25.8 Å². The molecule has 6 nitrogen and oxygen atoms in total. The molecule has 1 aliphatic rings. The van der Waals surface area contributed by atoms with Gasteiger partial charge in [0, 0.05) is 26.7 Å². The predicted molar refractivity (Wildman–Crippen MR) is 66.0 cm³/mol. The summed E-state index contributed by atoms with van der Waals surface area (Å²) in [4.78, 5) is 22.4. The molecule has 1 saturated heterocycles. The molecule has 104 valence electrons. The first-order chi connectivity index (χ1) is 8.63. The Hall–Kier alpha value is -1.14. The summed E-state index contributed by atoms with van der Waals surface area (Å²) >= 11 is 0. The molecule has 1 amide bonds. The Balaban J connectivity index is 2.19. The quantitative estimate of drug-likeness (QED) is 0.483. The van der Waals surface area contributed by atoms with E-state index < -0.39 is 12.0 Å². The minimum Gasteiger partial charge on any atom is -0.467 e. The van der Waals surface area contributed by atoms with E-state index in [1.54, 1.807) is 0 Å². The topological polar surface area (TPSA) is 76.7 Å². The van der Waals surface area contributed by atoms with Gasteiger partial charge in [0.2, 0.25) is 5.91 Å². The average molecular weight is 258 g/mol. The van der Waals surface area contributed by atoms with Crippen LogP contribution in [0.3, 0.4) is 0 Å². The molecule has 2 atom stereocenters. The first kappa shape index (κ1) is 14.9. The Morgan fingerprint density at radius 2 is 2.28 bits per heavy atom. The van der Waals surface area contributed by atoms with Crippen molar-refractivity contribution in [3.8, 4) is 0 Å². The zero-order chi connectivity index (χ0) is 13.4. The van der Waals surface area contributed by atoms with Crippen molar-refractivity contribution >= 4 is 11.9 Å². The van der Waals surface area contributed by atoms with E-state index in [2.05, 4.69) is 15.4 Å². The van der Waals surface area contributed by atoms with Gasteiger partial charge in [-0.25, -0.2) is 4.79 Å². The van der Waals surface area contributed by atoms with Crippen molar-refractivity contribution in [3.05, 3.63) is 0 Å². The van der Waals surface area contributed by atoms with E-state index in [0.717, 1.165) is 32.6 Å². The molecule has 0 aromatic rings. The number of esters is 1. The number of ether oxygens (including phenoxy) is 2. The number of carbonyl (C=O) groups excluding carboxylic acids is 2. The molecule has 0 aromatic heterocycles. The third kappa shape index (κ3) is 5.46. The van der Waals surface area contributed by atoms with Crippen LogP contribution < -0.4 is 10.6 Å². The second-order valence-corrected chi connectivity index (χ2v) is 4.50. The van der Waals surface area contributed by atoms with E-state index in [4.69, 9.17) is 4.74 Å². The molecule has 0 saturated carbocycles. The lowest BCUT2D eigenvalue weighted by atomic mass is 10.1. The van der Waals surface area contributed by atoms with Crippen LogP contribution in [-0.2, 0) is 19.1 Å². The molecule has 1 heterocycles. The van der Waals surface area contributed by atoms with Gasteiger partial charge in [0.1, 0.15) is 6.04 Å². The minimum absolute atomic E-state index is 0.239. The maximum absolute atomic E-state index is 11.4. The summed E-state index contributed by atoms with van der Waals surface area (Å²) in [6.45, 7) is 4.25. The van der Waals surface area contributed by atoms with Crippen molar-refractivity contribution in [3.63, 3.8) is 0 Å². The number of methoxy groups -OCH3 is 1. The Morgan fingerprint density at radius 1 is 1.50 bits per heavy atom. The molecular weight excluding hydrogens is 236 g/mol. The van der Waals surface area contributed by atoms with E-state index in [9.17, 15) is 9.59 Å². The number of nitrogens with one attached hydrogen (secondary N) is 2. The average Bonchev–Trinajstić information content (AvgIpc) is 2.84. The smallest absolute Gasteiger partial charge is 0.329 e. The van der Waals surface area contributed by atoms with Crippen LogP contribution in [0.15, 0.2) is 0 Å². The van der Waals surface area contributed by atoms with Gasteiger partial charge in [-0.1, -0.05) is 0 Å². The lowest BCUT2D eigenvalue weighted by molar-refractivity contribution is -0.144. The van der Waals surface area contributed by atoms with E-state index in [0.29, 0.717) is 12.5 Å². The van der Waals surface area contributed by atoms with Crippen LogP contribution in [0.2, 0.25) is 0 Å². The lowest BCUT2D eigenvalue weighted by Crippen LogP contribution is -2.47. The normalized spacial score (nSPS) is 20.4. The van der Waals surface area contributed by atoms with Gasteiger partial charge >= 0.3 is 5.97 Å². The highest BCUT2D eigenvalue weighted by Gasteiger charge is 2.20. The Morgan fingerprint density at radius 3 is 2.83 bits per heavy atom. The zero-order valence-corrected chi connectivity index (χ0v) is 11.0. The zero-order valence-electron chi connectivity index (χ0n) is 11.0. The summed E-state index contributed by atoms with van der Waals surface area (Å²) in [5, 5.41) is 5.72. The molecule has 0 radical (unpaired) electrons. The Kier molecular flexibility index (Phi) is 6.67. The van der Waals surface area contributed by atoms with Crippen LogP contribution in [0.4, 0.5) is 0 Å². The summed E-state index contributed by atoms with van der Waals surface area (Å²) in [5.41, 5.74) is 0.